The standard InChI is InChI=1S/C17H19Cl2NO4S/c1-23-8-9-24-15-5-2-13(3-6-15)11-20-25(21,22)12-14-4-7-16(18)17(19)10-14/h2-7,10,20H,8-9,11-12H2,1H3. The first-order chi connectivity index (χ1) is 11.9. The van der Waals surface area contributed by atoms with Crippen molar-refractivity contribution in [1.29, 1.82) is 0 Å². The number of benzene rings is 2. The van der Waals surface area contributed by atoms with E-state index in [1.807, 2.05) is 12.1 Å². The highest BCUT2D eigenvalue weighted by atomic mass is 35.5. The number of sulfonamides is 1. The van der Waals surface area contributed by atoms with Crippen molar-refractivity contribution in [3.05, 3.63) is 63.6 Å². The zero-order valence-electron chi connectivity index (χ0n) is 13.7. The van der Waals surface area contributed by atoms with Gasteiger partial charge in [0.05, 0.1) is 22.4 Å². The van der Waals surface area contributed by atoms with Crippen molar-refractivity contribution in [2.45, 2.75) is 12.3 Å². The Hall–Kier alpha value is -1.31. The van der Waals surface area contributed by atoms with Gasteiger partial charge in [0.15, 0.2) is 0 Å². The molecule has 136 valence electrons. The third kappa shape index (κ3) is 6.84. The second-order valence-electron chi connectivity index (χ2n) is 5.31. The highest BCUT2D eigenvalue weighted by molar-refractivity contribution is 7.88. The fraction of sp³-hybridized carbons (Fsp3) is 0.294. The SMILES string of the molecule is COCCOc1ccc(CNS(=O)(=O)Cc2ccc(Cl)c(Cl)c2)cc1. The zero-order chi connectivity index (χ0) is 18.3. The van der Waals surface area contributed by atoms with Crippen LogP contribution in [0.15, 0.2) is 42.5 Å². The number of ether oxygens (including phenoxy) is 2. The van der Waals surface area contributed by atoms with Crippen LogP contribution in [0.3, 0.4) is 0 Å². The molecule has 0 aliphatic heterocycles. The highest BCUT2D eigenvalue weighted by Gasteiger charge is 2.12. The lowest BCUT2D eigenvalue weighted by Gasteiger charge is -2.09. The van der Waals surface area contributed by atoms with E-state index in [0.29, 0.717) is 34.6 Å². The molecule has 8 heteroatoms. The molecule has 0 saturated heterocycles. The molecule has 25 heavy (non-hydrogen) atoms. The van der Waals surface area contributed by atoms with Crippen molar-refractivity contribution in [2.75, 3.05) is 20.3 Å². The first-order valence-electron chi connectivity index (χ1n) is 7.51. The van der Waals surface area contributed by atoms with Crippen LogP contribution in [0.4, 0.5) is 0 Å². The van der Waals surface area contributed by atoms with Gasteiger partial charge in [-0.25, -0.2) is 13.1 Å². The van der Waals surface area contributed by atoms with E-state index in [1.54, 1.807) is 37.4 Å². The van der Waals surface area contributed by atoms with Gasteiger partial charge in [-0.2, -0.15) is 0 Å². The summed E-state index contributed by atoms with van der Waals surface area (Å²) in [5.41, 5.74) is 1.40. The first kappa shape index (κ1) is 20.0. The molecule has 5 nitrogen and oxygen atoms in total. The van der Waals surface area contributed by atoms with Gasteiger partial charge in [0, 0.05) is 13.7 Å². The van der Waals surface area contributed by atoms with Crippen LogP contribution in [0, 0.1) is 0 Å². The molecule has 0 saturated carbocycles. The fourth-order valence-corrected chi connectivity index (χ4v) is 3.47. The van der Waals surface area contributed by atoms with Crippen molar-refractivity contribution in [3.8, 4) is 5.75 Å². The maximum absolute atomic E-state index is 12.2. The third-order valence-electron chi connectivity index (χ3n) is 3.32. The molecule has 0 aliphatic rings. The predicted molar refractivity (Wildman–Crippen MR) is 99.7 cm³/mol. The van der Waals surface area contributed by atoms with Crippen LogP contribution in [0.25, 0.3) is 0 Å². The van der Waals surface area contributed by atoms with Crippen LogP contribution in [0.5, 0.6) is 5.75 Å². The first-order valence-corrected chi connectivity index (χ1v) is 9.92. The molecule has 0 heterocycles. The summed E-state index contributed by atoms with van der Waals surface area (Å²) in [4.78, 5) is 0. The Morgan fingerprint density at radius 2 is 1.64 bits per heavy atom. The second kappa shape index (κ2) is 9.40. The Balaban J connectivity index is 1.89. The average Bonchev–Trinajstić information content (AvgIpc) is 2.58. The summed E-state index contributed by atoms with van der Waals surface area (Å²) in [6.45, 7) is 1.17. The van der Waals surface area contributed by atoms with Gasteiger partial charge in [-0.1, -0.05) is 41.4 Å². The Morgan fingerprint density at radius 3 is 2.28 bits per heavy atom. The van der Waals surface area contributed by atoms with E-state index in [4.69, 9.17) is 32.7 Å². The largest absolute Gasteiger partial charge is 0.491 e. The van der Waals surface area contributed by atoms with Gasteiger partial charge >= 0.3 is 0 Å². The molecule has 0 aromatic heterocycles. The summed E-state index contributed by atoms with van der Waals surface area (Å²) in [6.07, 6.45) is 0. The fourth-order valence-electron chi connectivity index (χ4n) is 2.04. The van der Waals surface area contributed by atoms with E-state index in [0.717, 1.165) is 5.56 Å². The molecule has 0 bridgehead atoms. The normalized spacial score (nSPS) is 11.5. The molecular formula is C17H19Cl2NO4S. The van der Waals surface area contributed by atoms with E-state index in [2.05, 4.69) is 4.72 Å². The van der Waals surface area contributed by atoms with Crippen molar-refractivity contribution in [1.82, 2.24) is 4.72 Å². The van der Waals surface area contributed by atoms with Crippen LogP contribution in [0.2, 0.25) is 10.0 Å². The Bertz CT molecular complexity index is 795. The number of halogens is 2. The number of rotatable bonds is 9. The maximum Gasteiger partial charge on any atom is 0.216 e. The van der Waals surface area contributed by atoms with Gasteiger partial charge < -0.3 is 9.47 Å². The summed E-state index contributed by atoms with van der Waals surface area (Å²) in [6, 6.07) is 12.0. The minimum Gasteiger partial charge on any atom is -0.491 e. The van der Waals surface area contributed by atoms with E-state index in [9.17, 15) is 8.42 Å². The zero-order valence-corrected chi connectivity index (χ0v) is 16.0. The summed E-state index contributed by atoms with van der Waals surface area (Å²) in [7, 11) is -1.88. The molecule has 2 aromatic rings. The monoisotopic (exact) mass is 403 g/mol. The van der Waals surface area contributed by atoms with E-state index in [-0.39, 0.29) is 12.3 Å². The molecule has 2 aromatic carbocycles. The van der Waals surface area contributed by atoms with Crippen LogP contribution >= 0.6 is 23.2 Å². The quantitative estimate of drug-likeness (QED) is 0.649. The maximum atomic E-state index is 12.2. The number of hydrogen-bond donors (Lipinski definition) is 1. The topological polar surface area (TPSA) is 64.6 Å². The van der Waals surface area contributed by atoms with Crippen LogP contribution in [-0.2, 0) is 27.1 Å². The molecule has 0 spiro atoms. The summed E-state index contributed by atoms with van der Waals surface area (Å²) < 4.78 is 37.3. The lowest BCUT2D eigenvalue weighted by atomic mass is 10.2. The molecular weight excluding hydrogens is 385 g/mol. The summed E-state index contributed by atoms with van der Waals surface area (Å²) >= 11 is 11.7. The smallest absolute Gasteiger partial charge is 0.216 e. The van der Waals surface area contributed by atoms with Crippen molar-refractivity contribution in [2.24, 2.45) is 0 Å². The molecule has 0 atom stereocenters. The summed E-state index contributed by atoms with van der Waals surface area (Å²) in [5, 5.41) is 0.724. The van der Waals surface area contributed by atoms with Gasteiger partial charge in [-0.3, -0.25) is 0 Å². The number of hydrogen-bond acceptors (Lipinski definition) is 4. The molecule has 0 unspecified atom stereocenters. The van der Waals surface area contributed by atoms with Gasteiger partial charge in [-0.15, -0.1) is 0 Å². The second-order valence-corrected chi connectivity index (χ2v) is 7.94. The molecule has 0 aliphatic carbocycles. The van der Waals surface area contributed by atoms with E-state index >= 15 is 0 Å². The Morgan fingerprint density at radius 1 is 0.960 bits per heavy atom. The lowest BCUT2D eigenvalue weighted by Crippen LogP contribution is -2.24. The molecule has 0 fully saturated rings. The van der Waals surface area contributed by atoms with Crippen molar-refractivity contribution < 1.29 is 17.9 Å². The minimum absolute atomic E-state index is 0.165. The third-order valence-corrected chi connectivity index (χ3v) is 5.35. The molecule has 1 N–H and O–H groups in total. The van der Waals surface area contributed by atoms with Crippen LogP contribution in [0.1, 0.15) is 11.1 Å². The molecule has 2 rings (SSSR count). The van der Waals surface area contributed by atoms with Crippen molar-refractivity contribution >= 4 is 33.2 Å². The summed E-state index contributed by atoms with van der Waals surface area (Å²) in [5.74, 6) is 0.543. The predicted octanol–water partition coefficient (Wildman–Crippen LogP) is 3.64. The van der Waals surface area contributed by atoms with Crippen LogP contribution in [-0.4, -0.2) is 28.7 Å². The Kier molecular flexibility index (Phi) is 7.53. The van der Waals surface area contributed by atoms with Gasteiger partial charge in [0.1, 0.15) is 12.4 Å². The van der Waals surface area contributed by atoms with Gasteiger partial charge in [0.25, 0.3) is 0 Å². The van der Waals surface area contributed by atoms with E-state index < -0.39 is 10.0 Å². The lowest BCUT2D eigenvalue weighted by molar-refractivity contribution is 0.146. The van der Waals surface area contributed by atoms with Gasteiger partial charge in [-0.05, 0) is 35.4 Å². The Labute approximate surface area is 157 Å². The number of nitrogens with one attached hydrogen (secondary N) is 1. The highest BCUT2D eigenvalue weighted by Crippen LogP contribution is 2.23. The number of methoxy groups -OCH3 is 1. The average molecular weight is 404 g/mol. The van der Waals surface area contributed by atoms with E-state index in [1.165, 1.54) is 0 Å². The molecule has 0 radical (unpaired) electrons. The minimum atomic E-state index is -3.49. The molecule has 0 amide bonds. The van der Waals surface area contributed by atoms with Crippen molar-refractivity contribution in [3.63, 3.8) is 0 Å². The van der Waals surface area contributed by atoms with Gasteiger partial charge in [0.2, 0.25) is 10.0 Å². The van der Waals surface area contributed by atoms with Crippen LogP contribution < -0.4 is 9.46 Å².